The van der Waals surface area contributed by atoms with E-state index in [2.05, 4.69) is 18.3 Å². The van der Waals surface area contributed by atoms with Crippen molar-refractivity contribution in [2.24, 2.45) is 0 Å². The summed E-state index contributed by atoms with van der Waals surface area (Å²) in [5.74, 6) is 0.419. The monoisotopic (exact) mass is 418 g/mol. The van der Waals surface area contributed by atoms with E-state index in [0.717, 1.165) is 55.3 Å². The fourth-order valence-corrected chi connectivity index (χ4v) is 4.95. The molecule has 1 aliphatic heterocycles. The maximum atomic E-state index is 13.0. The zero-order chi connectivity index (χ0) is 21.6. The fourth-order valence-electron chi connectivity index (χ4n) is 4.95. The number of likely N-dealkylation sites (tertiary alicyclic amines) is 1. The molecule has 2 amide bonds. The Morgan fingerprint density at radius 1 is 0.935 bits per heavy atom. The first kappa shape index (κ1) is 21.6. The molecule has 164 valence electrons. The number of hydrogen-bond acceptors (Lipinski definition) is 2. The third-order valence-electron chi connectivity index (χ3n) is 6.88. The van der Waals surface area contributed by atoms with Gasteiger partial charge in [0.05, 0.1) is 0 Å². The van der Waals surface area contributed by atoms with Gasteiger partial charge in [0.15, 0.2) is 0 Å². The molecule has 1 aliphatic carbocycles. The topological polar surface area (TPSA) is 49.4 Å². The molecule has 1 atom stereocenters. The second-order valence-electron chi connectivity index (χ2n) is 9.07. The van der Waals surface area contributed by atoms with E-state index >= 15 is 0 Å². The fraction of sp³-hybridized carbons (Fsp3) is 0.481. The van der Waals surface area contributed by atoms with Gasteiger partial charge in [0.1, 0.15) is 0 Å². The summed E-state index contributed by atoms with van der Waals surface area (Å²) >= 11 is 0. The lowest BCUT2D eigenvalue weighted by Gasteiger charge is -2.33. The number of carbonyl (C=O) groups excluding carboxylic acids is 2. The Morgan fingerprint density at radius 2 is 1.71 bits per heavy atom. The molecule has 0 aromatic heterocycles. The quantitative estimate of drug-likeness (QED) is 0.713. The third-order valence-corrected chi connectivity index (χ3v) is 6.88. The number of aryl methyl sites for hydroxylation is 1. The van der Waals surface area contributed by atoms with Crippen LogP contribution in [0.25, 0.3) is 0 Å². The molecular weight excluding hydrogens is 384 g/mol. The molecule has 1 heterocycles. The number of benzene rings is 2. The first-order valence-electron chi connectivity index (χ1n) is 11.9. The lowest BCUT2D eigenvalue weighted by molar-refractivity contribution is 0.0706. The lowest BCUT2D eigenvalue weighted by Crippen LogP contribution is -2.39. The Kier molecular flexibility index (Phi) is 7.06. The molecule has 0 spiro atoms. The first-order chi connectivity index (χ1) is 15.1. The van der Waals surface area contributed by atoms with Crippen LogP contribution in [0.3, 0.4) is 0 Å². The molecule has 0 bridgehead atoms. The molecule has 2 fully saturated rings. The highest BCUT2D eigenvalue weighted by atomic mass is 16.2. The van der Waals surface area contributed by atoms with Gasteiger partial charge in [0, 0.05) is 36.2 Å². The summed E-state index contributed by atoms with van der Waals surface area (Å²) in [7, 11) is 0. The third kappa shape index (κ3) is 5.36. The van der Waals surface area contributed by atoms with Crippen molar-refractivity contribution in [3.63, 3.8) is 0 Å². The van der Waals surface area contributed by atoms with Gasteiger partial charge in [-0.3, -0.25) is 9.59 Å². The molecule has 1 saturated heterocycles. The van der Waals surface area contributed by atoms with Crippen molar-refractivity contribution in [3.8, 4) is 0 Å². The molecular formula is C27H34N2O2. The van der Waals surface area contributed by atoms with Crippen LogP contribution in [0.2, 0.25) is 0 Å². The van der Waals surface area contributed by atoms with Crippen LogP contribution in [0, 0.1) is 0 Å². The predicted octanol–water partition coefficient (Wildman–Crippen LogP) is 5.33. The molecule has 2 aromatic carbocycles. The van der Waals surface area contributed by atoms with Gasteiger partial charge < -0.3 is 10.2 Å². The molecule has 1 N–H and O–H groups in total. The summed E-state index contributed by atoms with van der Waals surface area (Å²) in [6, 6.07) is 16.3. The Hall–Kier alpha value is -2.62. The van der Waals surface area contributed by atoms with Crippen LogP contribution in [0.5, 0.6) is 0 Å². The minimum absolute atomic E-state index is 0.0357. The highest BCUT2D eigenvalue weighted by Gasteiger charge is 2.26. The van der Waals surface area contributed by atoms with Crippen molar-refractivity contribution in [1.29, 1.82) is 0 Å². The maximum Gasteiger partial charge on any atom is 0.253 e. The largest absolute Gasteiger partial charge is 0.349 e. The van der Waals surface area contributed by atoms with Crippen LogP contribution < -0.4 is 5.32 Å². The van der Waals surface area contributed by atoms with Gasteiger partial charge >= 0.3 is 0 Å². The zero-order valence-electron chi connectivity index (χ0n) is 18.6. The van der Waals surface area contributed by atoms with Crippen molar-refractivity contribution in [3.05, 3.63) is 70.8 Å². The van der Waals surface area contributed by atoms with E-state index < -0.39 is 0 Å². The van der Waals surface area contributed by atoms with Crippen LogP contribution in [0.4, 0.5) is 0 Å². The predicted molar refractivity (Wildman–Crippen MR) is 124 cm³/mol. The molecule has 31 heavy (non-hydrogen) atoms. The van der Waals surface area contributed by atoms with Crippen molar-refractivity contribution in [1.82, 2.24) is 10.2 Å². The number of hydrogen-bond donors (Lipinski definition) is 1. The van der Waals surface area contributed by atoms with E-state index in [1.807, 2.05) is 47.4 Å². The van der Waals surface area contributed by atoms with Crippen molar-refractivity contribution in [2.45, 2.75) is 70.3 Å². The van der Waals surface area contributed by atoms with E-state index in [1.54, 1.807) is 0 Å². The van der Waals surface area contributed by atoms with Crippen LogP contribution in [-0.2, 0) is 6.42 Å². The summed E-state index contributed by atoms with van der Waals surface area (Å²) in [5.41, 5.74) is 3.91. The molecule has 0 unspecified atom stereocenters. The number of piperidine rings is 1. The summed E-state index contributed by atoms with van der Waals surface area (Å²) in [6.07, 6.45) is 8.88. The van der Waals surface area contributed by atoms with Crippen molar-refractivity contribution in [2.75, 3.05) is 13.1 Å². The molecule has 0 radical (unpaired) electrons. The summed E-state index contributed by atoms with van der Waals surface area (Å²) in [5, 5.41) is 3.22. The number of carbonyl (C=O) groups is 2. The van der Waals surface area contributed by atoms with Crippen LogP contribution in [-0.4, -0.2) is 35.8 Å². The van der Waals surface area contributed by atoms with Gasteiger partial charge in [0.2, 0.25) is 0 Å². The number of nitrogens with zero attached hydrogens (tertiary/aromatic N) is 1. The van der Waals surface area contributed by atoms with E-state index in [0.29, 0.717) is 12.6 Å². The van der Waals surface area contributed by atoms with Crippen LogP contribution >= 0.6 is 0 Å². The smallest absolute Gasteiger partial charge is 0.253 e. The summed E-state index contributed by atoms with van der Waals surface area (Å²) in [4.78, 5) is 27.8. The zero-order valence-corrected chi connectivity index (χ0v) is 18.6. The molecule has 4 heteroatoms. The molecule has 4 nitrogen and oxygen atoms in total. The maximum absolute atomic E-state index is 13.0. The van der Waals surface area contributed by atoms with Gasteiger partial charge in [-0.2, -0.15) is 0 Å². The highest BCUT2D eigenvalue weighted by molar-refractivity contribution is 5.95. The van der Waals surface area contributed by atoms with E-state index in [9.17, 15) is 9.59 Å². The average molecular weight is 419 g/mol. The Balaban J connectivity index is 1.42. The minimum atomic E-state index is 0.0357. The van der Waals surface area contributed by atoms with Gasteiger partial charge in [-0.15, -0.1) is 0 Å². The summed E-state index contributed by atoms with van der Waals surface area (Å²) in [6.45, 7) is 3.63. The lowest BCUT2D eigenvalue weighted by atomic mass is 9.89. The first-order valence-corrected chi connectivity index (χ1v) is 11.9. The van der Waals surface area contributed by atoms with Crippen LogP contribution in [0.15, 0.2) is 48.5 Å². The molecule has 4 rings (SSSR count). The number of amides is 2. The van der Waals surface area contributed by atoms with Crippen molar-refractivity contribution < 1.29 is 9.59 Å². The highest BCUT2D eigenvalue weighted by Crippen LogP contribution is 2.28. The number of rotatable bonds is 5. The number of nitrogens with one attached hydrogen (secondary N) is 1. The normalized spacial score (nSPS) is 19.8. The SMILES string of the molecule is CCc1ccc(C(=O)N2CCC[C@@H](c3cccc(C(=O)NC4CCCCC4)c3)C2)cc1. The summed E-state index contributed by atoms with van der Waals surface area (Å²) < 4.78 is 0. The van der Waals surface area contributed by atoms with E-state index in [-0.39, 0.29) is 17.7 Å². The Morgan fingerprint density at radius 3 is 2.45 bits per heavy atom. The van der Waals surface area contributed by atoms with E-state index in [1.165, 1.54) is 24.8 Å². The second kappa shape index (κ2) is 10.1. The van der Waals surface area contributed by atoms with Gasteiger partial charge in [-0.05, 0) is 67.5 Å². The standard InChI is InChI=1S/C27H34N2O2/c1-2-20-13-15-21(16-14-20)27(31)29-17-7-10-24(19-29)22-8-6-9-23(18-22)26(30)28-25-11-4-3-5-12-25/h6,8-9,13-16,18,24-25H,2-5,7,10-12,17,19H2,1H3,(H,28,30)/t24-/m1/s1. The molecule has 2 aliphatic rings. The Labute approximate surface area is 186 Å². The molecule has 1 saturated carbocycles. The Bertz CT molecular complexity index is 900. The molecule has 2 aromatic rings. The van der Waals surface area contributed by atoms with Crippen LogP contribution in [0.1, 0.15) is 89.6 Å². The van der Waals surface area contributed by atoms with Gasteiger partial charge in [0.25, 0.3) is 11.8 Å². The van der Waals surface area contributed by atoms with E-state index in [4.69, 9.17) is 0 Å². The van der Waals surface area contributed by atoms with Gasteiger partial charge in [-0.1, -0.05) is 50.5 Å². The van der Waals surface area contributed by atoms with Gasteiger partial charge in [-0.25, -0.2) is 0 Å². The average Bonchev–Trinajstić information content (AvgIpc) is 2.84. The van der Waals surface area contributed by atoms with Crippen molar-refractivity contribution >= 4 is 11.8 Å². The minimum Gasteiger partial charge on any atom is -0.349 e. The second-order valence-corrected chi connectivity index (χ2v) is 9.07.